The second kappa shape index (κ2) is 9.51. The number of nitrogens with one attached hydrogen (secondary N) is 1. The molecule has 0 saturated heterocycles. The molecule has 1 N–H and O–H groups in total. The molecular formula is C17H15ClN2OS2. The van der Waals surface area contributed by atoms with Gasteiger partial charge in [-0.3, -0.25) is 4.79 Å². The van der Waals surface area contributed by atoms with Gasteiger partial charge in [-0.15, -0.1) is 23.5 Å². The molecule has 0 unspecified atom stereocenters. The second-order valence-electron chi connectivity index (χ2n) is 4.50. The largest absolute Gasteiger partial charge is 0.351 e. The summed E-state index contributed by atoms with van der Waals surface area (Å²) in [6, 6.07) is 17.0. The quantitative estimate of drug-likeness (QED) is 0.583. The highest BCUT2D eigenvalue weighted by molar-refractivity contribution is 7.99. The maximum absolute atomic E-state index is 12.3. The number of amides is 1. The van der Waals surface area contributed by atoms with Crippen molar-refractivity contribution in [2.75, 3.05) is 18.1 Å². The van der Waals surface area contributed by atoms with E-state index in [1.807, 2.05) is 42.5 Å². The van der Waals surface area contributed by atoms with E-state index in [1.165, 1.54) is 11.8 Å². The molecule has 0 aliphatic carbocycles. The Balaban J connectivity index is 1.83. The number of nitrogens with zero attached hydrogens (tertiary/aromatic N) is 1. The number of carbonyl (C=O) groups is 1. The lowest BCUT2D eigenvalue weighted by Gasteiger charge is -2.09. The van der Waals surface area contributed by atoms with E-state index in [1.54, 1.807) is 17.8 Å². The average molecular weight is 363 g/mol. The third-order valence-corrected chi connectivity index (χ3v) is 5.10. The lowest BCUT2D eigenvalue weighted by atomic mass is 10.2. The van der Waals surface area contributed by atoms with Crippen molar-refractivity contribution >= 4 is 41.0 Å². The van der Waals surface area contributed by atoms with Crippen LogP contribution in [0.25, 0.3) is 0 Å². The van der Waals surface area contributed by atoms with Gasteiger partial charge in [0, 0.05) is 27.1 Å². The zero-order valence-electron chi connectivity index (χ0n) is 12.3. The maximum Gasteiger partial charge on any atom is 0.252 e. The summed E-state index contributed by atoms with van der Waals surface area (Å²) in [6.07, 6.45) is 0. The summed E-state index contributed by atoms with van der Waals surface area (Å²) >= 11 is 8.88. The summed E-state index contributed by atoms with van der Waals surface area (Å²) in [6.45, 7) is 0.573. The molecule has 2 aromatic carbocycles. The molecule has 0 aliphatic heterocycles. The van der Waals surface area contributed by atoms with Crippen molar-refractivity contribution in [3.63, 3.8) is 0 Å². The topological polar surface area (TPSA) is 52.9 Å². The van der Waals surface area contributed by atoms with E-state index in [2.05, 4.69) is 11.4 Å². The Morgan fingerprint density at radius 2 is 1.87 bits per heavy atom. The van der Waals surface area contributed by atoms with Gasteiger partial charge in [0.05, 0.1) is 17.4 Å². The van der Waals surface area contributed by atoms with Crippen molar-refractivity contribution in [2.24, 2.45) is 0 Å². The minimum atomic E-state index is -0.109. The number of carbonyl (C=O) groups excluding carboxylic acids is 1. The van der Waals surface area contributed by atoms with Gasteiger partial charge in [0.15, 0.2) is 0 Å². The van der Waals surface area contributed by atoms with E-state index in [-0.39, 0.29) is 5.91 Å². The van der Waals surface area contributed by atoms with Crippen LogP contribution in [0.4, 0.5) is 0 Å². The van der Waals surface area contributed by atoms with Gasteiger partial charge in [-0.1, -0.05) is 23.7 Å². The molecule has 2 aromatic rings. The molecule has 0 spiro atoms. The smallest absolute Gasteiger partial charge is 0.252 e. The van der Waals surface area contributed by atoms with Crippen LogP contribution in [0.1, 0.15) is 10.4 Å². The average Bonchev–Trinajstić information content (AvgIpc) is 2.58. The fraction of sp³-hybridized carbons (Fsp3) is 0.176. The van der Waals surface area contributed by atoms with Gasteiger partial charge in [0.1, 0.15) is 0 Å². The van der Waals surface area contributed by atoms with Crippen LogP contribution < -0.4 is 5.32 Å². The lowest BCUT2D eigenvalue weighted by molar-refractivity contribution is 0.0953. The fourth-order valence-electron chi connectivity index (χ4n) is 1.85. The van der Waals surface area contributed by atoms with Crippen molar-refractivity contribution < 1.29 is 4.79 Å². The zero-order valence-corrected chi connectivity index (χ0v) is 14.7. The van der Waals surface area contributed by atoms with Gasteiger partial charge >= 0.3 is 0 Å². The number of thioether (sulfide) groups is 2. The Morgan fingerprint density at radius 1 is 1.13 bits per heavy atom. The Morgan fingerprint density at radius 3 is 2.61 bits per heavy atom. The van der Waals surface area contributed by atoms with Crippen molar-refractivity contribution in [2.45, 2.75) is 9.79 Å². The number of rotatable bonds is 7. The van der Waals surface area contributed by atoms with Crippen molar-refractivity contribution in [1.82, 2.24) is 5.32 Å². The molecule has 2 rings (SSSR count). The molecule has 23 heavy (non-hydrogen) atoms. The van der Waals surface area contributed by atoms with E-state index < -0.39 is 0 Å². The number of nitriles is 1. The van der Waals surface area contributed by atoms with E-state index >= 15 is 0 Å². The number of hydrogen-bond acceptors (Lipinski definition) is 4. The fourth-order valence-corrected chi connectivity index (χ4v) is 3.46. The summed E-state index contributed by atoms with van der Waals surface area (Å²) in [5.41, 5.74) is 0.615. The standard InChI is InChI=1S/C17H15ClN2OS2/c18-13-5-7-14(8-6-13)22-12-10-20-17(21)15-3-1-2-4-16(15)23-11-9-19/h1-8H,10-12H2,(H,20,21). The number of benzene rings is 2. The van der Waals surface area contributed by atoms with Crippen LogP contribution in [-0.4, -0.2) is 24.0 Å². The summed E-state index contributed by atoms with van der Waals surface area (Å²) < 4.78 is 0. The lowest BCUT2D eigenvalue weighted by Crippen LogP contribution is -2.26. The van der Waals surface area contributed by atoms with Gasteiger partial charge in [-0.2, -0.15) is 5.26 Å². The Kier molecular flexibility index (Phi) is 7.34. The first-order valence-corrected chi connectivity index (χ1v) is 9.31. The van der Waals surface area contributed by atoms with Gasteiger partial charge in [-0.25, -0.2) is 0 Å². The SMILES string of the molecule is N#CCSc1ccccc1C(=O)NCCSc1ccc(Cl)cc1. The van der Waals surface area contributed by atoms with Crippen molar-refractivity contribution in [3.05, 3.63) is 59.1 Å². The molecule has 0 atom stereocenters. The van der Waals surface area contributed by atoms with Gasteiger partial charge in [-0.05, 0) is 36.4 Å². The monoisotopic (exact) mass is 362 g/mol. The molecule has 0 saturated carbocycles. The van der Waals surface area contributed by atoms with E-state index in [0.717, 1.165) is 15.5 Å². The maximum atomic E-state index is 12.3. The first-order chi connectivity index (χ1) is 11.2. The van der Waals surface area contributed by atoms with Crippen molar-refractivity contribution in [1.29, 1.82) is 5.26 Å². The van der Waals surface area contributed by atoms with E-state index in [0.29, 0.717) is 22.9 Å². The van der Waals surface area contributed by atoms with Crippen LogP contribution in [0.2, 0.25) is 5.02 Å². The molecule has 0 aliphatic rings. The highest BCUT2D eigenvalue weighted by Gasteiger charge is 2.10. The highest BCUT2D eigenvalue weighted by Crippen LogP contribution is 2.22. The number of hydrogen-bond donors (Lipinski definition) is 1. The Bertz CT molecular complexity index is 698. The molecule has 3 nitrogen and oxygen atoms in total. The first-order valence-electron chi connectivity index (χ1n) is 6.96. The molecule has 0 radical (unpaired) electrons. The van der Waals surface area contributed by atoms with Crippen molar-refractivity contribution in [3.8, 4) is 6.07 Å². The molecule has 1 amide bonds. The third-order valence-electron chi connectivity index (χ3n) is 2.89. The predicted octanol–water partition coefficient (Wildman–Crippen LogP) is 4.48. The van der Waals surface area contributed by atoms with Crippen LogP contribution in [0.15, 0.2) is 58.3 Å². The molecule has 0 aromatic heterocycles. The van der Waals surface area contributed by atoms with Crippen LogP contribution in [0.3, 0.4) is 0 Å². The van der Waals surface area contributed by atoms with Crippen LogP contribution >= 0.6 is 35.1 Å². The summed E-state index contributed by atoms with van der Waals surface area (Å²) in [4.78, 5) is 14.2. The third kappa shape index (κ3) is 5.83. The van der Waals surface area contributed by atoms with E-state index in [9.17, 15) is 4.79 Å². The zero-order chi connectivity index (χ0) is 16.5. The highest BCUT2D eigenvalue weighted by atomic mass is 35.5. The van der Waals surface area contributed by atoms with Gasteiger partial charge < -0.3 is 5.32 Å². The van der Waals surface area contributed by atoms with Crippen LogP contribution in [-0.2, 0) is 0 Å². The van der Waals surface area contributed by atoms with Crippen LogP contribution in [0, 0.1) is 11.3 Å². The Hall–Kier alpha value is -1.61. The van der Waals surface area contributed by atoms with Crippen LogP contribution in [0.5, 0.6) is 0 Å². The Labute approximate surface area is 149 Å². The molecule has 6 heteroatoms. The number of halogens is 1. The minimum absolute atomic E-state index is 0.109. The summed E-state index contributed by atoms with van der Waals surface area (Å²) in [5, 5.41) is 12.3. The van der Waals surface area contributed by atoms with E-state index in [4.69, 9.17) is 16.9 Å². The first kappa shape index (κ1) is 17.7. The molecule has 0 fully saturated rings. The van der Waals surface area contributed by atoms with Gasteiger partial charge in [0.25, 0.3) is 5.91 Å². The van der Waals surface area contributed by atoms with Gasteiger partial charge in [0.2, 0.25) is 0 Å². The summed E-state index contributed by atoms with van der Waals surface area (Å²) in [7, 11) is 0. The second-order valence-corrected chi connectivity index (χ2v) is 7.12. The summed E-state index contributed by atoms with van der Waals surface area (Å²) in [5.74, 6) is 1.00. The molecule has 0 heterocycles. The predicted molar refractivity (Wildman–Crippen MR) is 97.3 cm³/mol. The normalized spacial score (nSPS) is 10.1. The molecule has 118 valence electrons. The molecule has 0 bridgehead atoms. The minimum Gasteiger partial charge on any atom is -0.351 e. The molecular weight excluding hydrogens is 348 g/mol.